The summed E-state index contributed by atoms with van der Waals surface area (Å²) in [5.74, 6) is -1.30. The highest BCUT2D eigenvalue weighted by molar-refractivity contribution is 6.03. The van der Waals surface area contributed by atoms with E-state index in [4.69, 9.17) is 4.42 Å². The third-order valence-electron chi connectivity index (χ3n) is 7.59. The molecule has 12 heteroatoms. The molecule has 2 aliphatic heterocycles. The Morgan fingerprint density at radius 3 is 2.22 bits per heavy atom. The maximum atomic E-state index is 13.6. The number of hydrogen-bond donors (Lipinski definition) is 2. The number of benzene rings is 1. The highest BCUT2D eigenvalue weighted by Gasteiger charge is 2.42. The van der Waals surface area contributed by atoms with Gasteiger partial charge in [-0.25, -0.2) is 4.98 Å². The first-order valence-electron chi connectivity index (χ1n) is 13.8. The van der Waals surface area contributed by atoms with Crippen LogP contribution in [0.25, 0.3) is 0 Å². The number of carbonyl (C=O) groups is 2. The standard InChI is InChI=1S/C29H33F3N6O3/c1-18-7-6-8-19(2)23(18)26(39)34-20-11-15-37(16-12-20)22-10-9-21(17-33-22)35-27(40)24-25(29(30,31)32)36-28(41-24)38-13-4-3-5-14-38/h6-10,17,20H,3-5,11-16H2,1-2H3,(H,34,39)(H,35,40). The highest BCUT2D eigenvalue weighted by Crippen LogP contribution is 2.35. The van der Waals surface area contributed by atoms with Gasteiger partial charge >= 0.3 is 6.18 Å². The third kappa shape index (κ3) is 6.47. The van der Waals surface area contributed by atoms with Crippen molar-refractivity contribution < 1.29 is 27.2 Å². The number of alkyl halides is 3. The molecule has 41 heavy (non-hydrogen) atoms. The summed E-state index contributed by atoms with van der Waals surface area (Å²) < 4.78 is 46.3. The van der Waals surface area contributed by atoms with Gasteiger partial charge < -0.3 is 24.9 Å². The van der Waals surface area contributed by atoms with Gasteiger partial charge in [-0.1, -0.05) is 18.2 Å². The third-order valence-corrected chi connectivity index (χ3v) is 7.59. The smallest absolute Gasteiger partial charge is 0.417 e. The number of pyridine rings is 1. The number of hydrogen-bond acceptors (Lipinski definition) is 7. The summed E-state index contributed by atoms with van der Waals surface area (Å²) >= 11 is 0. The fraction of sp³-hybridized carbons (Fsp3) is 0.448. The Morgan fingerprint density at radius 1 is 0.927 bits per heavy atom. The fourth-order valence-corrected chi connectivity index (χ4v) is 5.39. The first-order chi connectivity index (χ1) is 19.6. The molecule has 9 nitrogen and oxygen atoms in total. The van der Waals surface area contributed by atoms with E-state index in [0.29, 0.717) is 37.6 Å². The number of piperidine rings is 2. The molecule has 0 radical (unpaired) electrons. The van der Waals surface area contributed by atoms with Gasteiger partial charge in [0.25, 0.3) is 17.8 Å². The molecular weight excluding hydrogens is 537 g/mol. The van der Waals surface area contributed by atoms with E-state index in [1.807, 2.05) is 32.0 Å². The van der Waals surface area contributed by atoms with Crippen molar-refractivity contribution in [3.63, 3.8) is 0 Å². The topological polar surface area (TPSA) is 104 Å². The molecule has 2 aliphatic rings. The van der Waals surface area contributed by atoms with Crippen LogP contribution in [-0.2, 0) is 6.18 Å². The Bertz CT molecular complexity index is 1370. The SMILES string of the molecule is Cc1cccc(C)c1C(=O)NC1CCN(c2ccc(NC(=O)c3oc(N4CCCCC4)nc3C(F)(F)F)cn2)CC1. The van der Waals surface area contributed by atoms with Gasteiger partial charge in [0.1, 0.15) is 5.82 Å². The molecule has 3 aromatic rings. The molecule has 2 N–H and O–H groups in total. The van der Waals surface area contributed by atoms with E-state index in [2.05, 4.69) is 25.5 Å². The van der Waals surface area contributed by atoms with Crippen molar-refractivity contribution in [1.82, 2.24) is 15.3 Å². The average Bonchev–Trinajstić information content (AvgIpc) is 3.41. The molecule has 0 aliphatic carbocycles. The van der Waals surface area contributed by atoms with E-state index in [1.165, 1.54) is 6.20 Å². The lowest BCUT2D eigenvalue weighted by Crippen LogP contribution is -2.45. The number of halogens is 3. The highest BCUT2D eigenvalue weighted by atomic mass is 19.4. The molecule has 0 atom stereocenters. The number of anilines is 3. The molecule has 2 fully saturated rings. The summed E-state index contributed by atoms with van der Waals surface area (Å²) in [6.45, 7) is 6.25. The van der Waals surface area contributed by atoms with Crippen molar-refractivity contribution in [2.24, 2.45) is 0 Å². The Kier molecular flexibility index (Phi) is 8.18. The number of oxazole rings is 1. The van der Waals surface area contributed by atoms with Crippen LogP contribution in [0.15, 0.2) is 40.9 Å². The summed E-state index contributed by atoms with van der Waals surface area (Å²) in [4.78, 5) is 37.4. The van der Waals surface area contributed by atoms with Crippen molar-refractivity contribution in [3.8, 4) is 0 Å². The second-order valence-corrected chi connectivity index (χ2v) is 10.6. The lowest BCUT2D eigenvalue weighted by atomic mass is 10.00. The van der Waals surface area contributed by atoms with E-state index >= 15 is 0 Å². The van der Waals surface area contributed by atoms with E-state index in [1.54, 1.807) is 17.0 Å². The quantitative estimate of drug-likeness (QED) is 0.412. The molecule has 0 unspecified atom stereocenters. The van der Waals surface area contributed by atoms with Gasteiger partial charge in [-0.15, -0.1) is 0 Å². The Labute approximate surface area is 236 Å². The van der Waals surface area contributed by atoms with Gasteiger partial charge in [-0.2, -0.15) is 18.2 Å². The van der Waals surface area contributed by atoms with Crippen molar-refractivity contribution >= 4 is 29.3 Å². The molecule has 4 heterocycles. The fourth-order valence-electron chi connectivity index (χ4n) is 5.39. The van der Waals surface area contributed by atoms with Crippen LogP contribution in [0.3, 0.4) is 0 Å². The number of amides is 2. The van der Waals surface area contributed by atoms with Gasteiger partial charge in [0.2, 0.25) is 5.76 Å². The van der Waals surface area contributed by atoms with Crippen molar-refractivity contribution in [3.05, 3.63) is 64.7 Å². The van der Waals surface area contributed by atoms with Gasteiger partial charge in [-0.05, 0) is 69.2 Å². The maximum Gasteiger partial charge on any atom is 0.437 e. The first kappa shape index (κ1) is 28.4. The Morgan fingerprint density at radius 2 is 1.61 bits per heavy atom. The molecule has 2 saturated heterocycles. The van der Waals surface area contributed by atoms with E-state index < -0.39 is 23.5 Å². The minimum atomic E-state index is -4.84. The zero-order valence-corrected chi connectivity index (χ0v) is 23.1. The minimum Gasteiger partial charge on any atom is -0.417 e. The van der Waals surface area contributed by atoms with E-state index in [0.717, 1.165) is 43.2 Å². The number of aromatic nitrogens is 2. The van der Waals surface area contributed by atoms with Crippen molar-refractivity contribution in [2.75, 3.05) is 41.3 Å². The van der Waals surface area contributed by atoms with Gasteiger partial charge in [0, 0.05) is 37.8 Å². The average molecular weight is 571 g/mol. The van der Waals surface area contributed by atoms with Crippen LogP contribution in [-0.4, -0.2) is 54.0 Å². The maximum absolute atomic E-state index is 13.6. The first-order valence-corrected chi connectivity index (χ1v) is 13.8. The number of nitrogens with one attached hydrogen (secondary N) is 2. The number of carbonyl (C=O) groups excluding carboxylic acids is 2. The van der Waals surface area contributed by atoms with Crippen molar-refractivity contribution in [1.29, 1.82) is 0 Å². The van der Waals surface area contributed by atoms with Gasteiger partial charge in [0.05, 0.1) is 11.9 Å². The van der Waals surface area contributed by atoms with E-state index in [9.17, 15) is 22.8 Å². The number of nitrogens with zero attached hydrogens (tertiary/aromatic N) is 4. The molecule has 0 saturated carbocycles. The second kappa shape index (κ2) is 11.8. The number of aryl methyl sites for hydroxylation is 2. The van der Waals surface area contributed by atoms with Gasteiger partial charge in [-0.3, -0.25) is 9.59 Å². The minimum absolute atomic E-state index is 0.0379. The molecule has 0 spiro atoms. The van der Waals surface area contributed by atoms with Crippen LogP contribution in [0, 0.1) is 13.8 Å². The Hall–Kier alpha value is -4.09. The number of rotatable bonds is 6. The molecule has 2 amide bonds. The van der Waals surface area contributed by atoms with Crippen LogP contribution in [0.5, 0.6) is 0 Å². The summed E-state index contributed by atoms with van der Waals surface area (Å²) in [5, 5.41) is 5.59. The van der Waals surface area contributed by atoms with E-state index in [-0.39, 0.29) is 23.7 Å². The van der Waals surface area contributed by atoms with Crippen molar-refractivity contribution in [2.45, 2.75) is 58.2 Å². The van der Waals surface area contributed by atoms with Crippen LogP contribution in [0.4, 0.5) is 30.7 Å². The summed E-state index contributed by atoms with van der Waals surface area (Å²) in [6, 6.07) is 8.93. The summed E-state index contributed by atoms with van der Waals surface area (Å²) in [6.07, 6.45) is 0.672. The lowest BCUT2D eigenvalue weighted by Gasteiger charge is -2.33. The normalized spacial score (nSPS) is 16.5. The molecule has 5 rings (SSSR count). The predicted octanol–water partition coefficient (Wildman–Crippen LogP) is 5.35. The summed E-state index contributed by atoms with van der Waals surface area (Å²) in [5.41, 5.74) is 1.49. The van der Waals surface area contributed by atoms with Crippen LogP contribution >= 0.6 is 0 Å². The molecular formula is C29H33F3N6O3. The second-order valence-electron chi connectivity index (χ2n) is 10.6. The molecule has 2 aromatic heterocycles. The molecule has 218 valence electrons. The zero-order valence-electron chi connectivity index (χ0n) is 23.1. The van der Waals surface area contributed by atoms with Crippen LogP contribution in [0.1, 0.15) is 69.8 Å². The van der Waals surface area contributed by atoms with Crippen LogP contribution < -0.4 is 20.4 Å². The van der Waals surface area contributed by atoms with Gasteiger partial charge in [0.15, 0.2) is 5.69 Å². The predicted molar refractivity (Wildman–Crippen MR) is 148 cm³/mol. The Balaban J connectivity index is 1.19. The molecule has 1 aromatic carbocycles. The monoisotopic (exact) mass is 570 g/mol. The zero-order chi connectivity index (χ0) is 29.1. The summed E-state index contributed by atoms with van der Waals surface area (Å²) in [7, 11) is 0. The molecule has 0 bridgehead atoms. The largest absolute Gasteiger partial charge is 0.437 e. The lowest BCUT2D eigenvalue weighted by molar-refractivity contribution is -0.141. The van der Waals surface area contributed by atoms with Crippen LogP contribution in [0.2, 0.25) is 0 Å².